The van der Waals surface area contributed by atoms with E-state index < -0.39 is 0 Å². The topological polar surface area (TPSA) is 55.1 Å². The summed E-state index contributed by atoms with van der Waals surface area (Å²) < 4.78 is 0. The molecule has 0 radical (unpaired) electrons. The van der Waals surface area contributed by atoms with Crippen molar-refractivity contribution in [3.8, 4) is 0 Å². The lowest BCUT2D eigenvalue weighted by atomic mass is 9.80. The Morgan fingerprint density at radius 3 is 2.64 bits per heavy atom. The van der Waals surface area contributed by atoms with Crippen LogP contribution in [-0.4, -0.2) is 11.9 Å². The number of amides is 1. The minimum atomic E-state index is -0.306. The van der Waals surface area contributed by atoms with Crippen LogP contribution in [0.5, 0.6) is 0 Å². The van der Waals surface area contributed by atoms with Crippen LogP contribution in [-0.2, 0) is 10.2 Å². The largest absolute Gasteiger partial charge is 0.373 e. The SMILES string of the molecule is CC1(C)c2ccccc2NC1C(N)=O. The first kappa shape index (κ1) is 9.06. The predicted octanol–water partition coefficient (Wildman–Crippen LogP) is 1.24. The number of hydrogen-bond donors (Lipinski definition) is 2. The molecule has 3 nitrogen and oxygen atoms in total. The van der Waals surface area contributed by atoms with Gasteiger partial charge >= 0.3 is 0 Å². The summed E-state index contributed by atoms with van der Waals surface area (Å²) in [7, 11) is 0. The molecule has 14 heavy (non-hydrogen) atoms. The summed E-state index contributed by atoms with van der Waals surface area (Å²) in [6, 6.07) is 7.63. The summed E-state index contributed by atoms with van der Waals surface area (Å²) in [5.41, 5.74) is 7.30. The molecular weight excluding hydrogens is 176 g/mol. The minimum Gasteiger partial charge on any atom is -0.373 e. The number of carbonyl (C=O) groups excluding carboxylic acids is 1. The summed E-state index contributed by atoms with van der Waals surface area (Å²) >= 11 is 0. The van der Waals surface area contributed by atoms with Gasteiger partial charge in [-0.05, 0) is 11.6 Å². The van der Waals surface area contributed by atoms with Gasteiger partial charge in [0, 0.05) is 11.1 Å². The quantitative estimate of drug-likeness (QED) is 0.700. The van der Waals surface area contributed by atoms with E-state index in [9.17, 15) is 4.79 Å². The van der Waals surface area contributed by atoms with Crippen molar-refractivity contribution in [3.05, 3.63) is 29.8 Å². The van der Waals surface area contributed by atoms with Crippen molar-refractivity contribution in [1.29, 1.82) is 0 Å². The summed E-state index contributed by atoms with van der Waals surface area (Å²) in [4.78, 5) is 11.2. The molecule has 1 unspecified atom stereocenters. The number of nitrogens with two attached hydrogens (primary N) is 1. The first-order chi connectivity index (χ1) is 6.53. The third kappa shape index (κ3) is 1.09. The second kappa shape index (κ2) is 2.74. The number of nitrogens with one attached hydrogen (secondary N) is 1. The average molecular weight is 190 g/mol. The molecule has 1 aliphatic heterocycles. The lowest BCUT2D eigenvalue weighted by Crippen LogP contribution is -2.44. The lowest BCUT2D eigenvalue weighted by Gasteiger charge is -2.24. The standard InChI is InChI=1S/C11H14N2O/c1-11(2)7-5-3-4-6-8(7)13-9(11)10(12)14/h3-6,9,13H,1-2H3,(H2,12,14). The Labute approximate surface area is 83.3 Å². The highest BCUT2D eigenvalue weighted by molar-refractivity contribution is 5.88. The maximum atomic E-state index is 11.2. The molecule has 2 rings (SSSR count). The Morgan fingerprint density at radius 1 is 1.43 bits per heavy atom. The fraction of sp³-hybridized carbons (Fsp3) is 0.364. The van der Waals surface area contributed by atoms with Crippen LogP contribution in [0.1, 0.15) is 19.4 Å². The van der Waals surface area contributed by atoms with Crippen molar-refractivity contribution >= 4 is 11.6 Å². The average Bonchev–Trinajstić information content (AvgIpc) is 2.39. The maximum absolute atomic E-state index is 11.2. The molecule has 0 saturated heterocycles. The Morgan fingerprint density at radius 2 is 2.07 bits per heavy atom. The number of para-hydroxylation sites is 1. The summed E-state index contributed by atoms with van der Waals surface area (Å²) in [5.74, 6) is -0.300. The molecule has 1 aromatic carbocycles. The number of rotatable bonds is 1. The molecule has 1 aliphatic rings. The van der Waals surface area contributed by atoms with Gasteiger partial charge in [-0.3, -0.25) is 4.79 Å². The van der Waals surface area contributed by atoms with Crippen molar-refractivity contribution < 1.29 is 4.79 Å². The molecule has 74 valence electrons. The van der Waals surface area contributed by atoms with E-state index in [-0.39, 0.29) is 17.4 Å². The van der Waals surface area contributed by atoms with Gasteiger partial charge in [0.2, 0.25) is 5.91 Å². The van der Waals surface area contributed by atoms with Gasteiger partial charge in [-0.25, -0.2) is 0 Å². The molecule has 0 bridgehead atoms. The number of carbonyl (C=O) groups is 1. The second-order valence-electron chi connectivity index (χ2n) is 4.25. The molecule has 3 heteroatoms. The number of primary amides is 1. The lowest BCUT2D eigenvalue weighted by molar-refractivity contribution is -0.119. The van der Waals surface area contributed by atoms with Gasteiger partial charge in [-0.2, -0.15) is 0 Å². The third-order valence-electron chi connectivity index (χ3n) is 2.93. The highest BCUT2D eigenvalue weighted by Crippen LogP contribution is 2.40. The molecule has 3 N–H and O–H groups in total. The number of hydrogen-bond acceptors (Lipinski definition) is 2. The van der Waals surface area contributed by atoms with Crippen molar-refractivity contribution in [1.82, 2.24) is 0 Å². The predicted molar refractivity (Wildman–Crippen MR) is 56.1 cm³/mol. The zero-order chi connectivity index (χ0) is 10.3. The Hall–Kier alpha value is -1.51. The van der Waals surface area contributed by atoms with E-state index >= 15 is 0 Å². The molecule has 0 saturated carbocycles. The first-order valence-corrected chi connectivity index (χ1v) is 4.69. The molecular formula is C11H14N2O. The Kier molecular flexibility index (Phi) is 1.77. The van der Waals surface area contributed by atoms with Gasteiger partial charge in [0.25, 0.3) is 0 Å². The fourth-order valence-electron chi connectivity index (χ4n) is 2.09. The molecule has 1 heterocycles. The maximum Gasteiger partial charge on any atom is 0.240 e. The van der Waals surface area contributed by atoms with Crippen LogP contribution < -0.4 is 11.1 Å². The van der Waals surface area contributed by atoms with E-state index in [1.165, 1.54) is 0 Å². The molecule has 0 spiro atoms. The van der Waals surface area contributed by atoms with Crippen LogP contribution >= 0.6 is 0 Å². The summed E-state index contributed by atoms with van der Waals surface area (Å²) in [5, 5.41) is 3.15. The summed E-state index contributed by atoms with van der Waals surface area (Å²) in [6.07, 6.45) is 0. The van der Waals surface area contributed by atoms with Crippen molar-refractivity contribution in [2.24, 2.45) is 5.73 Å². The van der Waals surface area contributed by atoms with Gasteiger partial charge in [0.05, 0.1) is 0 Å². The molecule has 0 fully saturated rings. The van der Waals surface area contributed by atoms with Crippen LogP contribution in [0.15, 0.2) is 24.3 Å². The number of benzene rings is 1. The highest BCUT2D eigenvalue weighted by Gasteiger charge is 2.42. The Balaban J connectivity index is 2.50. The third-order valence-corrected chi connectivity index (χ3v) is 2.93. The molecule has 0 aromatic heterocycles. The van der Waals surface area contributed by atoms with E-state index in [0.717, 1.165) is 11.3 Å². The van der Waals surface area contributed by atoms with Gasteiger partial charge < -0.3 is 11.1 Å². The minimum absolute atomic E-state index is 0.220. The zero-order valence-electron chi connectivity index (χ0n) is 8.37. The van der Waals surface area contributed by atoms with Crippen molar-refractivity contribution in [2.75, 3.05) is 5.32 Å². The van der Waals surface area contributed by atoms with E-state index in [4.69, 9.17) is 5.73 Å². The smallest absolute Gasteiger partial charge is 0.240 e. The zero-order valence-corrected chi connectivity index (χ0v) is 8.37. The van der Waals surface area contributed by atoms with Gasteiger partial charge in [0.1, 0.15) is 6.04 Å². The van der Waals surface area contributed by atoms with Crippen LogP contribution in [0.4, 0.5) is 5.69 Å². The van der Waals surface area contributed by atoms with E-state index in [1.54, 1.807) is 0 Å². The highest BCUT2D eigenvalue weighted by atomic mass is 16.1. The van der Waals surface area contributed by atoms with Gasteiger partial charge in [-0.1, -0.05) is 32.0 Å². The van der Waals surface area contributed by atoms with E-state index in [0.29, 0.717) is 0 Å². The number of fused-ring (bicyclic) bond motifs is 1. The van der Waals surface area contributed by atoms with Gasteiger partial charge in [0.15, 0.2) is 0 Å². The molecule has 1 aromatic rings. The van der Waals surface area contributed by atoms with Crippen molar-refractivity contribution in [2.45, 2.75) is 25.3 Å². The first-order valence-electron chi connectivity index (χ1n) is 4.69. The van der Waals surface area contributed by atoms with Crippen LogP contribution in [0, 0.1) is 0 Å². The summed E-state index contributed by atoms with van der Waals surface area (Å²) in [6.45, 7) is 4.06. The normalized spacial score (nSPS) is 22.6. The molecule has 1 amide bonds. The van der Waals surface area contributed by atoms with Crippen LogP contribution in [0.2, 0.25) is 0 Å². The monoisotopic (exact) mass is 190 g/mol. The molecule has 1 atom stereocenters. The molecule has 0 aliphatic carbocycles. The Bertz CT molecular complexity index is 385. The van der Waals surface area contributed by atoms with Crippen LogP contribution in [0.25, 0.3) is 0 Å². The second-order valence-corrected chi connectivity index (χ2v) is 4.25. The van der Waals surface area contributed by atoms with E-state index in [2.05, 4.69) is 5.32 Å². The van der Waals surface area contributed by atoms with Gasteiger partial charge in [-0.15, -0.1) is 0 Å². The van der Waals surface area contributed by atoms with Crippen molar-refractivity contribution in [3.63, 3.8) is 0 Å². The van der Waals surface area contributed by atoms with E-state index in [1.807, 2.05) is 38.1 Å². The van der Waals surface area contributed by atoms with Crippen LogP contribution in [0.3, 0.4) is 0 Å². The number of anilines is 1. The fourth-order valence-corrected chi connectivity index (χ4v) is 2.09.